The van der Waals surface area contributed by atoms with Gasteiger partial charge in [0.15, 0.2) is 0 Å². The number of carbonyl (C=O) groups excluding carboxylic acids is 1. The number of aliphatic hydroxyl groups excluding tert-OH is 1. The molecule has 0 radical (unpaired) electrons. The first-order valence-corrected chi connectivity index (χ1v) is 5.79. The summed E-state index contributed by atoms with van der Waals surface area (Å²) in [5.74, 6) is -0.295. The number of nitrogens with one attached hydrogen (secondary N) is 2. The fourth-order valence-electron chi connectivity index (χ4n) is 1.47. The summed E-state index contributed by atoms with van der Waals surface area (Å²) in [5, 5.41) is 18.5. The number of aliphatic hydroxyl groups is 1. The van der Waals surface area contributed by atoms with E-state index in [9.17, 15) is 4.79 Å². The van der Waals surface area contributed by atoms with Gasteiger partial charge in [-0.3, -0.25) is 9.89 Å². The number of aromatic amines is 1. The molecule has 0 atom stereocenters. The first kappa shape index (κ1) is 12.6. The van der Waals surface area contributed by atoms with Gasteiger partial charge in [0.25, 0.3) is 5.91 Å². The zero-order valence-corrected chi connectivity index (χ0v) is 10.2. The minimum absolute atomic E-state index is 0.0933. The van der Waals surface area contributed by atoms with Crippen molar-refractivity contribution in [2.24, 2.45) is 0 Å². The van der Waals surface area contributed by atoms with Crippen LogP contribution in [-0.2, 0) is 0 Å². The topological polar surface area (TPSA) is 78.0 Å². The predicted molar refractivity (Wildman–Crippen MR) is 68.5 cm³/mol. The molecule has 0 aliphatic carbocycles. The summed E-state index contributed by atoms with van der Waals surface area (Å²) >= 11 is 5.80. The van der Waals surface area contributed by atoms with Crippen LogP contribution in [0.15, 0.2) is 30.3 Å². The Labute approximate surface area is 109 Å². The molecule has 0 saturated carbocycles. The van der Waals surface area contributed by atoms with E-state index in [0.717, 1.165) is 5.56 Å². The van der Waals surface area contributed by atoms with E-state index in [4.69, 9.17) is 16.7 Å². The van der Waals surface area contributed by atoms with Crippen molar-refractivity contribution in [3.63, 3.8) is 0 Å². The maximum absolute atomic E-state index is 11.6. The highest BCUT2D eigenvalue weighted by Crippen LogP contribution is 2.19. The molecular formula is C12H12ClN3O2. The molecule has 94 valence electrons. The average Bonchev–Trinajstić information content (AvgIpc) is 2.86. The van der Waals surface area contributed by atoms with Crippen LogP contribution in [0.25, 0.3) is 11.3 Å². The first-order valence-electron chi connectivity index (χ1n) is 5.41. The van der Waals surface area contributed by atoms with Gasteiger partial charge >= 0.3 is 0 Å². The standard InChI is InChI=1S/C12H12ClN3O2/c13-9-3-1-8(2-4-9)10-7-11(16-15-10)12(18)14-5-6-17/h1-4,7,17H,5-6H2,(H,14,18)(H,15,16). The molecule has 2 aromatic rings. The fourth-order valence-corrected chi connectivity index (χ4v) is 1.60. The van der Waals surface area contributed by atoms with Crippen LogP contribution in [0.1, 0.15) is 10.5 Å². The van der Waals surface area contributed by atoms with Crippen LogP contribution in [0, 0.1) is 0 Å². The predicted octanol–water partition coefficient (Wildman–Crippen LogP) is 1.45. The number of H-pyrrole nitrogens is 1. The van der Waals surface area contributed by atoms with Crippen LogP contribution < -0.4 is 5.32 Å². The smallest absolute Gasteiger partial charge is 0.269 e. The molecule has 0 aliphatic rings. The molecule has 3 N–H and O–H groups in total. The van der Waals surface area contributed by atoms with Gasteiger partial charge in [-0.15, -0.1) is 0 Å². The van der Waals surface area contributed by atoms with Gasteiger partial charge in [-0.2, -0.15) is 5.10 Å². The van der Waals surface area contributed by atoms with Crippen molar-refractivity contribution >= 4 is 17.5 Å². The number of hydrogen-bond acceptors (Lipinski definition) is 3. The summed E-state index contributed by atoms with van der Waals surface area (Å²) in [6.07, 6.45) is 0. The van der Waals surface area contributed by atoms with E-state index in [1.807, 2.05) is 12.1 Å². The molecule has 0 bridgehead atoms. The molecule has 0 fully saturated rings. The van der Waals surface area contributed by atoms with Crippen molar-refractivity contribution in [1.29, 1.82) is 0 Å². The van der Waals surface area contributed by atoms with Crippen LogP contribution in [0.3, 0.4) is 0 Å². The lowest BCUT2D eigenvalue weighted by atomic mass is 10.1. The van der Waals surface area contributed by atoms with Crippen LogP contribution in [0.4, 0.5) is 0 Å². The quantitative estimate of drug-likeness (QED) is 0.783. The molecule has 2 rings (SSSR count). The normalized spacial score (nSPS) is 10.3. The van der Waals surface area contributed by atoms with Crippen LogP contribution >= 0.6 is 11.6 Å². The number of carbonyl (C=O) groups is 1. The minimum atomic E-state index is -0.295. The summed E-state index contributed by atoms with van der Waals surface area (Å²) in [4.78, 5) is 11.6. The third-order valence-electron chi connectivity index (χ3n) is 2.36. The molecule has 1 aromatic heterocycles. The molecular weight excluding hydrogens is 254 g/mol. The highest BCUT2D eigenvalue weighted by atomic mass is 35.5. The largest absolute Gasteiger partial charge is 0.395 e. The Balaban J connectivity index is 2.15. The minimum Gasteiger partial charge on any atom is -0.395 e. The maximum Gasteiger partial charge on any atom is 0.269 e. The number of amides is 1. The summed E-state index contributed by atoms with van der Waals surface area (Å²) in [6.45, 7) is 0.123. The van der Waals surface area contributed by atoms with Gasteiger partial charge in [-0.1, -0.05) is 23.7 Å². The van der Waals surface area contributed by atoms with Gasteiger partial charge in [0.1, 0.15) is 5.69 Å². The van der Waals surface area contributed by atoms with Crippen molar-refractivity contribution in [3.8, 4) is 11.3 Å². The van der Waals surface area contributed by atoms with Gasteiger partial charge in [-0.25, -0.2) is 0 Å². The van der Waals surface area contributed by atoms with Crippen molar-refractivity contribution in [2.75, 3.05) is 13.2 Å². The highest BCUT2D eigenvalue weighted by Gasteiger charge is 2.10. The number of rotatable bonds is 4. The Morgan fingerprint density at radius 2 is 2.11 bits per heavy atom. The molecule has 5 nitrogen and oxygen atoms in total. The lowest BCUT2D eigenvalue weighted by Crippen LogP contribution is -2.26. The second kappa shape index (κ2) is 5.66. The van der Waals surface area contributed by atoms with Crippen LogP contribution in [0.2, 0.25) is 5.02 Å². The van der Waals surface area contributed by atoms with E-state index >= 15 is 0 Å². The number of nitrogens with zero attached hydrogens (tertiary/aromatic N) is 1. The molecule has 6 heteroatoms. The lowest BCUT2D eigenvalue weighted by molar-refractivity contribution is 0.0940. The molecule has 1 heterocycles. The van der Waals surface area contributed by atoms with Crippen LogP contribution in [-0.4, -0.2) is 34.4 Å². The Hall–Kier alpha value is -1.85. The third-order valence-corrected chi connectivity index (χ3v) is 2.61. The second-order valence-corrected chi connectivity index (χ2v) is 4.09. The summed E-state index contributed by atoms with van der Waals surface area (Å²) in [6, 6.07) is 8.83. The number of halogens is 1. The molecule has 0 saturated heterocycles. The Kier molecular flexibility index (Phi) is 3.96. The van der Waals surface area contributed by atoms with E-state index in [1.165, 1.54) is 0 Å². The average molecular weight is 266 g/mol. The van der Waals surface area contributed by atoms with Gasteiger partial charge in [-0.05, 0) is 18.2 Å². The maximum atomic E-state index is 11.6. The summed E-state index contributed by atoms with van der Waals surface area (Å²) in [5.41, 5.74) is 1.89. The Bertz CT molecular complexity index is 537. The van der Waals surface area contributed by atoms with Gasteiger partial charge in [0.05, 0.1) is 12.3 Å². The molecule has 0 unspecified atom stereocenters. The van der Waals surface area contributed by atoms with E-state index in [-0.39, 0.29) is 19.1 Å². The number of hydrogen-bond donors (Lipinski definition) is 3. The third kappa shape index (κ3) is 2.88. The van der Waals surface area contributed by atoms with Crippen molar-refractivity contribution in [2.45, 2.75) is 0 Å². The number of benzene rings is 1. The van der Waals surface area contributed by atoms with Gasteiger partial charge < -0.3 is 10.4 Å². The van der Waals surface area contributed by atoms with E-state index in [0.29, 0.717) is 16.4 Å². The molecule has 0 spiro atoms. The Morgan fingerprint density at radius 1 is 1.39 bits per heavy atom. The van der Waals surface area contributed by atoms with Crippen molar-refractivity contribution < 1.29 is 9.90 Å². The van der Waals surface area contributed by atoms with E-state index < -0.39 is 0 Å². The van der Waals surface area contributed by atoms with Crippen molar-refractivity contribution in [3.05, 3.63) is 41.0 Å². The zero-order chi connectivity index (χ0) is 13.0. The Morgan fingerprint density at radius 3 is 2.78 bits per heavy atom. The van der Waals surface area contributed by atoms with Crippen LogP contribution in [0.5, 0.6) is 0 Å². The SMILES string of the molecule is O=C(NCCO)c1cc(-c2ccc(Cl)cc2)n[nH]1. The monoisotopic (exact) mass is 265 g/mol. The van der Waals surface area contributed by atoms with E-state index in [1.54, 1.807) is 18.2 Å². The first-order chi connectivity index (χ1) is 8.70. The van der Waals surface area contributed by atoms with E-state index in [2.05, 4.69) is 15.5 Å². The fraction of sp³-hybridized carbons (Fsp3) is 0.167. The van der Waals surface area contributed by atoms with Gasteiger partial charge in [0.2, 0.25) is 0 Å². The zero-order valence-electron chi connectivity index (χ0n) is 9.48. The number of aromatic nitrogens is 2. The van der Waals surface area contributed by atoms with Gasteiger partial charge in [0, 0.05) is 17.1 Å². The highest BCUT2D eigenvalue weighted by molar-refractivity contribution is 6.30. The second-order valence-electron chi connectivity index (χ2n) is 3.65. The summed E-state index contributed by atoms with van der Waals surface area (Å²) in [7, 11) is 0. The summed E-state index contributed by atoms with van der Waals surface area (Å²) < 4.78 is 0. The lowest BCUT2D eigenvalue weighted by Gasteiger charge is -1.98. The van der Waals surface area contributed by atoms with Crippen molar-refractivity contribution in [1.82, 2.24) is 15.5 Å². The molecule has 18 heavy (non-hydrogen) atoms. The molecule has 1 amide bonds. The molecule has 1 aromatic carbocycles. The molecule has 0 aliphatic heterocycles.